The van der Waals surface area contributed by atoms with Crippen LogP contribution in [0.5, 0.6) is 0 Å². The maximum Gasteiger partial charge on any atom is 0.410 e. The molecule has 0 aromatic carbocycles. The van der Waals surface area contributed by atoms with Gasteiger partial charge < -0.3 is 15.4 Å². The SMILES string of the molecule is COC(=O)N1CCc2[nH]ncc2C1CCN. The summed E-state index contributed by atoms with van der Waals surface area (Å²) in [7, 11) is 1.40. The average molecular weight is 224 g/mol. The van der Waals surface area contributed by atoms with Gasteiger partial charge in [-0.15, -0.1) is 0 Å². The molecule has 0 spiro atoms. The summed E-state index contributed by atoms with van der Waals surface area (Å²) >= 11 is 0. The highest BCUT2D eigenvalue weighted by atomic mass is 16.5. The van der Waals surface area contributed by atoms with Crippen LogP contribution in [0.2, 0.25) is 0 Å². The van der Waals surface area contributed by atoms with E-state index in [1.54, 1.807) is 11.1 Å². The molecule has 1 unspecified atom stereocenters. The Morgan fingerprint density at radius 3 is 3.31 bits per heavy atom. The molecule has 0 saturated carbocycles. The van der Waals surface area contributed by atoms with Gasteiger partial charge in [0.2, 0.25) is 0 Å². The van der Waals surface area contributed by atoms with Crippen molar-refractivity contribution < 1.29 is 9.53 Å². The van der Waals surface area contributed by atoms with Crippen LogP contribution in [0.1, 0.15) is 23.7 Å². The molecule has 1 aromatic heterocycles. The Morgan fingerprint density at radius 2 is 2.62 bits per heavy atom. The van der Waals surface area contributed by atoms with E-state index in [4.69, 9.17) is 10.5 Å². The minimum atomic E-state index is -0.301. The second kappa shape index (κ2) is 4.52. The molecule has 16 heavy (non-hydrogen) atoms. The maximum atomic E-state index is 11.6. The molecule has 88 valence electrons. The van der Waals surface area contributed by atoms with Gasteiger partial charge in [-0.05, 0) is 13.0 Å². The van der Waals surface area contributed by atoms with Crippen LogP contribution in [0.15, 0.2) is 6.20 Å². The Labute approximate surface area is 93.8 Å². The van der Waals surface area contributed by atoms with E-state index in [-0.39, 0.29) is 12.1 Å². The van der Waals surface area contributed by atoms with E-state index in [2.05, 4.69) is 10.2 Å². The standard InChI is InChI=1S/C10H16N4O2/c1-16-10(15)14-5-3-8-7(6-12-13-8)9(14)2-4-11/h6,9H,2-5,11H2,1H3,(H,12,13). The third kappa shape index (κ3) is 1.76. The van der Waals surface area contributed by atoms with E-state index in [1.807, 2.05) is 0 Å². The van der Waals surface area contributed by atoms with Crippen LogP contribution in [0.3, 0.4) is 0 Å². The van der Waals surface area contributed by atoms with E-state index in [9.17, 15) is 4.79 Å². The summed E-state index contributed by atoms with van der Waals surface area (Å²) in [4.78, 5) is 13.3. The van der Waals surface area contributed by atoms with Crippen LogP contribution >= 0.6 is 0 Å². The predicted octanol–water partition coefficient (Wildman–Crippen LogP) is 0.424. The highest BCUT2D eigenvalue weighted by Gasteiger charge is 2.31. The number of nitrogens with one attached hydrogen (secondary N) is 1. The quantitative estimate of drug-likeness (QED) is 0.762. The van der Waals surface area contributed by atoms with E-state index < -0.39 is 0 Å². The van der Waals surface area contributed by atoms with Crippen LogP contribution in [-0.4, -0.2) is 41.4 Å². The number of rotatable bonds is 2. The molecule has 0 fully saturated rings. The number of H-pyrrole nitrogens is 1. The zero-order chi connectivity index (χ0) is 11.5. The van der Waals surface area contributed by atoms with Crippen LogP contribution in [0.4, 0.5) is 4.79 Å². The number of nitrogens with two attached hydrogens (primary N) is 1. The number of hydrogen-bond donors (Lipinski definition) is 2. The fraction of sp³-hybridized carbons (Fsp3) is 0.600. The summed E-state index contributed by atoms with van der Waals surface area (Å²) in [6.07, 6.45) is 2.98. The first-order chi connectivity index (χ1) is 7.77. The van der Waals surface area contributed by atoms with Gasteiger partial charge >= 0.3 is 6.09 Å². The highest BCUT2D eigenvalue weighted by Crippen LogP contribution is 2.30. The number of carbonyl (C=O) groups is 1. The van der Waals surface area contributed by atoms with E-state index >= 15 is 0 Å². The number of ether oxygens (including phenoxy) is 1. The lowest BCUT2D eigenvalue weighted by Gasteiger charge is -2.34. The summed E-state index contributed by atoms with van der Waals surface area (Å²) < 4.78 is 4.77. The van der Waals surface area contributed by atoms with Gasteiger partial charge in [-0.1, -0.05) is 0 Å². The predicted molar refractivity (Wildman–Crippen MR) is 57.8 cm³/mol. The van der Waals surface area contributed by atoms with Crippen molar-refractivity contribution in [1.29, 1.82) is 0 Å². The number of methoxy groups -OCH3 is 1. The number of nitrogens with zero attached hydrogens (tertiary/aromatic N) is 2. The Kier molecular flexibility index (Phi) is 3.09. The summed E-state index contributed by atoms with van der Waals surface area (Å²) in [5.74, 6) is 0. The zero-order valence-corrected chi connectivity index (χ0v) is 9.27. The molecular weight excluding hydrogens is 208 g/mol. The first kappa shape index (κ1) is 10.9. The molecule has 0 radical (unpaired) electrons. The molecule has 1 aliphatic heterocycles. The van der Waals surface area contributed by atoms with Crippen molar-refractivity contribution in [1.82, 2.24) is 15.1 Å². The molecule has 1 atom stereocenters. The summed E-state index contributed by atoms with van der Waals surface area (Å²) in [6.45, 7) is 1.18. The number of amides is 1. The Morgan fingerprint density at radius 1 is 1.81 bits per heavy atom. The van der Waals surface area contributed by atoms with Crippen LogP contribution < -0.4 is 5.73 Å². The molecule has 6 nitrogen and oxygen atoms in total. The van der Waals surface area contributed by atoms with Gasteiger partial charge in [0.15, 0.2) is 0 Å². The molecule has 0 aliphatic carbocycles. The lowest BCUT2D eigenvalue weighted by molar-refractivity contribution is 0.0988. The largest absolute Gasteiger partial charge is 0.453 e. The van der Waals surface area contributed by atoms with Crippen LogP contribution in [-0.2, 0) is 11.2 Å². The minimum Gasteiger partial charge on any atom is -0.453 e. The average Bonchev–Trinajstić information content (AvgIpc) is 2.77. The number of aromatic amines is 1. The molecule has 1 amide bonds. The first-order valence-corrected chi connectivity index (χ1v) is 5.34. The maximum absolute atomic E-state index is 11.6. The Bertz CT molecular complexity index is 377. The molecule has 1 aromatic rings. The lowest BCUT2D eigenvalue weighted by Crippen LogP contribution is -2.40. The van der Waals surface area contributed by atoms with Crippen molar-refractivity contribution in [3.63, 3.8) is 0 Å². The second-order valence-corrected chi connectivity index (χ2v) is 3.81. The van der Waals surface area contributed by atoms with Crippen molar-refractivity contribution in [3.05, 3.63) is 17.5 Å². The van der Waals surface area contributed by atoms with E-state index in [1.165, 1.54) is 7.11 Å². The number of hydrogen-bond acceptors (Lipinski definition) is 4. The number of fused-ring (bicyclic) bond motifs is 1. The van der Waals surface area contributed by atoms with Crippen molar-refractivity contribution >= 4 is 6.09 Å². The molecule has 2 heterocycles. The zero-order valence-electron chi connectivity index (χ0n) is 9.27. The van der Waals surface area contributed by atoms with E-state index in [0.29, 0.717) is 13.1 Å². The van der Waals surface area contributed by atoms with Gasteiger partial charge in [-0.25, -0.2) is 4.79 Å². The van der Waals surface area contributed by atoms with Crippen molar-refractivity contribution in [2.45, 2.75) is 18.9 Å². The summed E-state index contributed by atoms with van der Waals surface area (Å²) in [5.41, 5.74) is 7.73. The summed E-state index contributed by atoms with van der Waals surface area (Å²) in [6, 6.07) is -0.0139. The molecular formula is C10H16N4O2. The Hall–Kier alpha value is -1.56. The normalized spacial score (nSPS) is 19.4. The fourth-order valence-corrected chi connectivity index (χ4v) is 2.17. The molecule has 1 aliphatic rings. The van der Waals surface area contributed by atoms with Gasteiger partial charge in [0.25, 0.3) is 0 Å². The van der Waals surface area contributed by atoms with Crippen LogP contribution in [0.25, 0.3) is 0 Å². The molecule has 0 saturated heterocycles. The minimum absolute atomic E-state index is 0.0139. The lowest BCUT2D eigenvalue weighted by atomic mass is 9.97. The third-order valence-corrected chi connectivity index (χ3v) is 2.94. The van der Waals surface area contributed by atoms with Gasteiger partial charge in [-0.3, -0.25) is 5.10 Å². The summed E-state index contributed by atoms with van der Waals surface area (Å²) in [5, 5.41) is 6.97. The van der Waals surface area contributed by atoms with Crippen molar-refractivity contribution in [2.75, 3.05) is 20.2 Å². The molecule has 2 rings (SSSR count). The highest BCUT2D eigenvalue weighted by molar-refractivity contribution is 5.68. The van der Waals surface area contributed by atoms with Crippen molar-refractivity contribution in [3.8, 4) is 0 Å². The number of carbonyl (C=O) groups excluding carboxylic acids is 1. The molecule has 3 N–H and O–H groups in total. The van der Waals surface area contributed by atoms with Crippen LogP contribution in [0, 0.1) is 0 Å². The smallest absolute Gasteiger partial charge is 0.410 e. The molecule has 6 heteroatoms. The fourth-order valence-electron chi connectivity index (χ4n) is 2.17. The van der Waals surface area contributed by atoms with E-state index in [0.717, 1.165) is 24.1 Å². The second-order valence-electron chi connectivity index (χ2n) is 3.81. The topological polar surface area (TPSA) is 84.2 Å². The van der Waals surface area contributed by atoms with Gasteiger partial charge in [0.05, 0.1) is 19.3 Å². The van der Waals surface area contributed by atoms with Gasteiger partial charge in [0.1, 0.15) is 0 Å². The molecule has 0 bridgehead atoms. The monoisotopic (exact) mass is 224 g/mol. The first-order valence-electron chi connectivity index (χ1n) is 5.34. The van der Waals surface area contributed by atoms with Gasteiger partial charge in [0, 0.05) is 24.2 Å². The van der Waals surface area contributed by atoms with Crippen molar-refractivity contribution in [2.24, 2.45) is 5.73 Å². The Balaban J connectivity index is 2.26. The third-order valence-electron chi connectivity index (χ3n) is 2.94. The van der Waals surface area contributed by atoms with Gasteiger partial charge in [-0.2, -0.15) is 5.10 Å². The number of aromatic nitrogens is 2.